The second kappa shape index (κ2) is 2.76. The topological polar surface area (TPSA) is 24.5 Å². The minimum atomic E-state index is 0.565. The Morgan fingerprint density at radius 2 is 2.07 bits per heavy atom. The number of rotatable bonds is 1. The van der Waals surface area contributed by atoms with Gasteiger partial charge in [-0.05, 0) is 18.8 Å². The number of hydrogen-bond acceptors (Lipinski definition) is 3. The number of nitrogens with one attached hydrogen (secondary N) is 1. The van der Waals surface area contributed by atoms with Crippen LogP contribution in [0.4, 0.5) is 0 Å². The van der Waals surface area contributed by atoms with E-state index in [9.17, 15) is 0 Å². The third-order valence-electron chi connectivity index (χ3n) is 5.55. The first kappa shape index (κ1) is 8.97. The smallest absolute Gasteiger partial charge is 0.0594 e. The molecule has 4 rings (SSSR count). The van der Waals surface area contributed by atoms with Crippen LogP contribution >= 0.6 is 0 Å². The van der Waals surface area contributed by atoms with Gasteiger partial charge in [-0.1, -0.05) is 6.42 Å². The zero-order valence-corrected chi connectivity index (χ0v) is 9.30. The molecule has 0 amide bonds. The normalized spacial score (nSPS) is 54.0. The molecule has 1 N–H and O–H groups in total. The molecule has 0 unspecified atom stereocenters. The van der Waals surface area contributed by atoms with Crippen LogP contribution in [0.1, 0.15) is 19.3 Å². The number of morpholine rings is 1. The van der Waals surface area contributed by atoms with Gasteiger partial charge in [-0.2, -0.15) is 0 Å². The molecule has 2 heterocycles. The second-order valence-electron chi connectivity index (χ2n) is 5.73. The highest BCUT2D eigenvalue weighted by Crippen LogP contribution is 2.74. The molecule has 0 aromatic carbocycles. The minimum absolute atomic E-state index is 0.565. The van der Waals surface area contributed by atoms with Gasteiger partial charge in [-0.25, -0.2) is 0 Å². The summed E-state index contributed by atoms with van der Waals surface area (Å²) in [6.45, 7) is 6.77. The van der Waals surface area contributed by atoms with Crippen molar-refractivity contribution in [3.63, 3.8) is 0 Å². The monoisotopic (exact) mass is 208 g/mol. The molecule has 3 nitrogen and oxygen atoms in total. The van der Waals surface area contributed by atoms with Crippen LogP contribution in [0.15, 0.2) is 0 Å². The largest absolute Gasteiger partial charge is 0.379 e. The van der Waals surface area contributed by atoms with Crippen LogP contribution in [0.3, 0.4) is 0 Å². The molecule has 2 aliphatic carbocycles. The fraction of sp³-hybridized carbons (Fsp3) is 1.00. The zero-order valence-electron chi connectivity index (χ0n) is 9.30. The van der Waals surface area contributed by atoms with Crippen LogP contribution in [-0.2, 0) is 4.74 Å². The molecule has 3 heteroatoms. The number of piperidine rings is 1. The summed E-state index contributed by atoms with van der Waals surface area (Å²) in [5.74, 6) is 1.02. The van der Waals surface area contributed by atoms with E-state index < -0.39 is 0 Å². The predicted molar refractivity (Wildman–Crippen MR) is 57.8 cm³/mol. The van der Waals surface area contributed by atoms with Crippen molar-refractivity contribution in [3.05, 3.63) is 0 Å². The van der Waals surface area contributed by atoms with Crippen LogP contribution in [0.2, 0.25) is 0 Å². The first-order valence-electron chi connectivity index (χ1n) is 6.44. The molecule has 15 heavy (non-hydrogen) atoms. The Kier molecular flexibility index (Phi) is 1.65. The summed E-state index contributed by atoms with van der Waals surface area (Å²) in [5, 5.41) is 3.64. The average Bonchev–Trinajstić information content (AvgIpc) is 2.70. The fourth-order valence-corrected chi connectivity index (χ4v) is 5.02. The Morgan fingerprint density at radius 3 is 2.87 bits per heavy atom. The van der Waals surface area contributed by atoms with E-state index in [0.717, 1.165) is 19.1 Å². The van der Waals surface area contributed by atoms with E-state index in [1.54, 1.807) is 0 Å². The Morgan fingerprint density at radius 1 is 1.20 bits per heavy atom. The van der Waals surface area contributed by atoms with Gasteiger partial charge in [0, 0.05) is 37.1 Å². The maximum Gasteiger partial charge on any atom is 0.0594 e. The van der Waals surface area contributed by atoms with Gasteiger partial charge in [0.2, 0.25) is 0 Å². The summed E-state index contributed by atoms with van der Waals surface area (Å²) in [5.41, 5.74) is 1.25. The molecule has 0 bridgehead atoms. The zero-order chi connectivity index (χ0) is 9.93. The van der Waals surface area contributed by atoms with Crippen molar-refractivity contribution in [2.24, 2.45) is 11.3 Å². The first-order valence-corrected chi connectivity index (χ1v) is 6.44. The lowest BCUT2D eigenvalue weighted by Gasteiger charge is -2.37. The van der Waals surface area contributed by atoms with Gasteiger partial charge in [0.25, 0.3) is 0 Å². The van der Waals surface area contributed by atoms with E-state index >= 15 is 0 Å². The highest BCUT2D eigenvalue weighted by Gasteiger charge is 2.81. The summed E-state index contributed by atoms with van der Waals surface area (Å²) in [6.07, 6.45) is 4.43. The van der Waals surface area contributed by atoms with Crippen molar-refractivity contribution < 1.29 is 4.74 Å². The maximum atomic E-state index is 5.48. The molecule has 4 fully saturated rings. The Labute approximate surface area is 91.2 Å². The average molecular weight is 208 g/mol. The van der Waals surface area contributed by atoms with Gasteiger partial charge in [-0.15, -0.1) is 0 Å². The summed E-state index contributed by atoms with van der Waals surface area (Å²) in [7, 11) is 0. The summed E-state index contributed by atoms with van der Waals surface area (Å²) in [4.78, 5) is 2.75. The Balaban J connectivity index is 1.65. The molecule has 2 saturated carbocycles. The van der Waals surface area contributed by atoms with Gasteiger partial charge in [0.05, 0.1) is 13.2 Å². The van der Waals surface area contributed by atoms with Crippen LogP contribution in [0.25, 0.3) is 0 Å². The molecule has 2 aliphatic heterocycles. The first-order chi connectivity index (χ1) is 7.40. The molecule has 0 aromatic rings. The molecule has 2 saturated heterocycles. The third kappa shape index (κ3) is 0.855. The lowest BCUT2D eigenvalue weighted by molar-refractivity contribution is 0.000130. The Hall–Kier alpha value is -0.120. The van der Waals surface area contributed by atoms with Crippen LogP contribution < -0.4 is 5.32 Å². The summed E-state index contributed by atoms with van der Waals surface area (Å²) >= 11 is 0. The predicted octanol–water partition coefficient (Wildman–Crippen LogP) is 0.461. The molecule has 84 valence electrons. The number of hydrogen-bond donors (Lipinski definition) is 1. The molecule has 4 aliphatic rings. The Bertz CT molecular complexity index is 285. The van der Waals surface area contributed by atoms with E-state index in [1.807, 2.05) is 0 Å². The van der Waals surface area contributed by atoms with Gasteiger partial charge in [0.1, 0.15) is 0 Å². The van der Waals surface area contributed by atoms with Gasteiger partial charge >= 0.3 is 0 Å². The van der Waals surface area contributed by atoms with Crippen molar-refractivity contribution in [2.45, 2.75) is 24.8 Å². The van der Waals surface area contributed by atoms with Crippen molar-refractivity contribution in [1.82, 2.24) is 10.2 Å². The number of ether oxygens (including phenoxy) is 1. The lowest BCUT2D eigenvalue weighted by Crippen LogP contribution is -2.50. The van der Waals surface area contributed by atoms with Gasteiger partial charge in [-0.3, -0.25) is 4.90 Å². The van der Waals surface area contributed by atoms with Crippen molar-refractivity contribution >= 4 is 0 Å². The van der Waals surface area contributed by atoms with E-state index in [1.165, 1.54) is 45.4 Å². The van der Waals surface area contributed by atoms with Crippen LogP contribution in [0.5, 0.6) is 0 Å². The van der Waals surface area contributed by atoms with Crippen LogP contribution in [-0.4, -0.2) is 49.8 Å². The van der Waals surface area contributed by atoms with Crippen molar-refractivity contribution in [3.8, 4) is 0 Å². The number of fused-ring (bicyclic) bond motifs is 1. The molecular weight excluding hydrogens is 188 g/mol. The molecule has 1 spiro atoms. The molecular formula is C12H20N2O. The van der Waals surface area contributed by atoms with Crippen molar-refractivity contribution in [2.75, 3.05) is 39.4 Å². The van der Waals surface area contributed by atoms with E-state index in [0.29, 0.717) is 11.0 Å². The summed E-state index contributed by atoms with van der Waals surface area (Å²) < 4.78 is 5.48. The minimum Gasteiger partial charge on any atom is -0.379 e. The van der Waals surface area contributed by atoms with Gasteiger partial charge in [0.15, 0.2) is 0 Å². The molecule has 0 radical (unpaired) electrons. The lowest BCUT2D eigenvalue weighted by atomic mass is 9.96. The SMILES string of the molecule is C1C[C@@H]2[C@@]3(C1)CNC[C@]23N1CCOCC1. The highest BCUT2D eigenvalue weighted by atomic mass is 16.5. The maximum absolute atomic E-state index is 5.48. The highest BCUT2D eigenvalue weighted by molar-refractivity contribution is 5.35. The molecule has 3 atom stereocenters. The quantitative estimate of drug-likeness (QED) is 0.677. The third-order valence-corrected chi connectivity index (χ3v) is 5.55. The van der Waals surface area contributed by atoms with E-state index in [-0.39, 0.29) is 0 Å². The van der Waals surface area contributed by atoms with E-state index in [4.69, 9.17) is 4.74 Å². The molecule has 0 aromatic heterocycles. The van der Waals surface area contributed by atoms with Crippen molar-refractivity contribution in [1.29, 1.82) is 0 Å². The van der Waals surface area contributed by atoms with Gasteiger partial charge < -0.3 is 10.1 Å². The fourth-order valence-electron chi connectivity index (χ4n) is 5.02. The van der Waals surface area contributed by atoms with Crippen LogP contribution in [0, 0.1) is 11.3 Å². The summed E-state index contributed by atoms with van der Waals surface area (Å²) in [6, 6.07) is 0. The van der Waals surface area contributed by atoms with E-state index in [2.05, 4.69) is 10.2 Å². The standard InChI is InChI=1S/C12H20N2O/c1-2-10-11(3-1)8-13-9-12(10,11)14-4-6-15-7-5-14/h10,13H,1-9H2/t10-,11-,12+/m1/s1. The number of nitrogens with zero attached hydrogens (tertiary/aromatic N) is 1. The second-order valence-corrected chi connectivity index (χ2v) is 5.73.